The fourth-order valence-corrected chi connectivity index (χ4v) is 2.99. The van der Waals surface area contributed by atoms with E-state index in [2.05, 4.69) is 0 Å². The van der Waals surface area contributed by atoms with E-state index in [1.54, 1.807) is 20.3 Å². The molecule has 2 aromatic rings. The van der Waals surface area contributed by atoms with Crippen molar-refractivity contribution < 1.29 is 24.2 Å². The summed E-state index contributed by atoms with van der Waals surface area (Å²) in [4.78, 5) is 23.5. The van der Waals surface area contributed by atoms with E-state index in [-0.39, 0.29) is 12.2 Å². The molecule has 0 fully saturated rings. The summed E-state index contributed by atoms with van der Waals surface area (Å²) in [6.07, 6.45) is -0.00355. The number of hydrogen-bond donors (Lipinski definition) is 1. The molecule has 0 saturated heterocycles. The van der Waals surface area contributed by atoms with Gasteiger partial charge in [-0.2, -0.15) is 0 Å². The van der Waals surface area contributed by atoms with Gasteiger partial charge in [0.25, 0.3) is 0 Å². The Bertz CT molecular complexity index is 648. The van der Waals surface area contributed by atoms with E-state index in [1.807, 2.05) is 12.1 Å². The predicted molar refractivity (Wildman–Crippen MR) is 80.7 cm³/mol. The van der Waals surface area contributed by atoms with Gasteiger partial charge >= 0.3 is 5.97 Å². The SMILES string of the molecule is COc1cc2cc(C(=O)CC(C)C(=O)O)sc2cc1OC. The highest BCUT2D eigenvalue weighted by Crippen LogP contribution is 2.36. The third-order valence-corrected chi connectivity index (χ3v) is 4.35. The van der Waals surface area contributed by atoms with E-state index in [4.69, 9.17) is 14.6 Å². The number of carbonyl (C=O) groups is 2. The third kappa shape index (κ3) is 3.16. The van der Waals surface area contributed by atoms with Gasteiger partial charge in [0.05, 0.1) is 25.0 Å². The van der Waals surface area contributed by atoms with Gasteiger partial charge in [0, 0.05) is 17.2 Å². The fraction of sp³-hybridized carbons (Fsp3) is 0.333. The molecule has 0 radical (unpaired) electrons. The molecule has 2 rings (SSSR count). The van der Waals surface area contributed by atoms with E-state index < -0.39 is 11.9 Å². The van der Waals surface area contributed by atoms with Crippen molar-refractivity contribution in [1.29, 1.82) is 0 Å². The first kappa shape index (κ1) is 15.3. The predicted octanol–water partition coefficient (Wildman–Crippen LogP) is 3.21. The van der Waals surface area contributed by atoms with E-state index in [9.17, 15) is 9.59 Å². The second-order valence-corrected chi connectivity index (χ2v) is 5.81. The average molecular weight is 308 g/mol. The molecule has 21 heavy (non-hydrogen) atoms. The highest BCUT2D eigenvalue weighted by Gasteiger charge is 2.19. The van der Waals surface area contributed by atoms with Crippen LogP contribution in [0.25, 0.3) is 10.1 Å². The molecular weight excluding hydrogens is 292 g/mol. The maximum atomic E-state index is 12.1. The molecule has 1 atom stereocenters. The second-order valence-electron chi connectivity index (χ2n) is 4.72. The molecule has 0 amide bonds. The number of benzene rings is 1. The summed E-state index contributed by atoms with van der Waals surface area (Å²) in [7, 11) is 3.11. The number of ether oxygens (including phenoxy) is 2. The van der Waals surface area contributed by atoms with Crippen molar-refractivity contribution in [2.75, 3.05) is 14.2 Å². The van der Waals surface area contributed by atoms with Gasteiger partial charge < -0.3 is 14.6 Å². The number of methoxy groups -OCH3 is 2. The van der Waals surface area contributed by atoms with E-state index in [0.29, 0.717) is 16.4 Å². The zero-order valence-corrected chi connectivity index (χ0v) is 12.8. The van der Waals surface area contributed by atoms with Gasteiger partial charge in [0.1, 0.15) is 0 Å². The number of carbonyl (C=O) groups excluding carboxylic acids is 1. The smallest absolute Gasteiger partial charge is 0.306 e. The van der Waals surface area contributed by atoms with Crippen LogP contribution in [-0.2, 0) is 4.79 Å². The quantitative estimate of drug-likeness (QED) is 0.830. The van der Waals surface area contributed by atoms with Gasteiger partial charge in [0.2, 0.25) is 0 Å². The number of thiophene rings is 1. The summed E-state index contributed by atoms with van der Waals surface area (Å²) in [6, 6.07) is 5.39. The van der Waals surface area contributed by atoms with Gasteiger partial charge in [-0.1, -0.05) is 6.92 Å². The monoisotopic (exact) mass is 308 g/mol. The summed E-state index contributed by atoms with van der Waals surface area (Å²) in [6.45, 7) is 1.53. The van der Waals surface area contributed by atoms with Crippen molar-refractivity contribution in [3.8, 4) is 11.5 Å². The van der Waals surface area contributed by atoms with Crippen LogP contribution in [0.5, 0.6) is 11.5 Å². The number of fused-ring (bicyclic) bond motifs is 1. The van der Waals surface area contributed by atoms with Gasteiger partial charge in [0.15, 0.2) is 17.3 Å². The molecule has 1 aromatic heterocycles. The zero-order chi connectivity index (χ0) is 15.6. The lowest BCUT2D eigenvalue weighted by Gasteiger charge is -2.06. The number of ketones is 1. The molecule has 1 N–H and O–H groups in total. The Labute approximate surface area is 126 Å². The maximum absolute atomic E-state index is 12.1. The van der Waals surface area contributed by atoms with Crippen molar-refractivity contribution in [3.63, 3.8) is 0 Å². The zero-order valence-electron chi connectivity index (χ0n) is 12.0. The van der Waals surface area contributed by atoms with Crippen molar-refractivity contribution in [1.82, 2.24) is 0 Å². The Kier molecular flexibility index (Phi) is 4.47. The van der Waals surface area contributed by atoms with Crippen molar-refractivity contribution in [2.24, 2.45) is 5.92 Å². The van der Waals surface area contributed by atoms with Crippen LogP contribution >= 0.6 is 11.3 Å². The average Bonchev–Trinajstić information content (AvgIpc) is 2.88. The molecule has 5 nitrogen and oxygen atoms in total. The van der Waals surface area contributed by atoms with Gasteiger partial charge in [-0.05, 0) is 17.5 Å². The maximum Gasteiger partial charge on any atom is 0.306 e. The molecule has 0 aliphatic rings. The van der Waals surface area contributed by atoms with Crippen LogP contribution in [0.15, 0.2) is 18.2 Å². The van der Waals surface area contributed by atoms with E-state index >= 15 is 0 Å². The summed E-state index contributed by atoms with van der Waals surface area (Å²) in [5, 5.41) is 9.75. The van der Waals surface area contributed by atoms with Crippen LogP contribution in [0.4, 0.5) is 0 Å². The summed E-state index contributed by atoms with van der Waals surface area (Å²) >= 11 is 1.33. The van der Waals surface area contributed by atoms with Crippen LogP contribution in [-0.4, -0.2) is 31.1 Å². The lowest BCUT2D eigenvalue weighted by molar-refractivity contribution is -0.141. The Morgan fingerprint density at radius 3 is 2.38 bits per heavy atom. The number of carboxylic acid groups (broad SMARTS) is 1. The van der Waals surface area contributed by atoms with Crippen LogP contribution in [0.1, 0.15) is 23.0 Å². The van der Waals surface area contributed by atoms with E-state index in [1.165, 1.54) is 18.3 Å². The molecular formula is C15H16O5S. The van der Waals surface area contributed by atoms with Crippen molar-refractivity contribution >= 4 is 33.2 Å². The molecule has 0 bridgehead atoms. The molecule has 1 aromatic carbocycles. The Hall–Kier alpha value is -2.08. The molecule has 0 spiro atoms. The molecule has 0 aliphatic carbocycles. The molecule has 112 valence electrons. The third-order valence-electron chi connectivity index (χ3n) is 3.21. The van der Waals surface area contributed by atoms with E-state index in [0.717, 1.165) is 10.1 Å². The summed E-state index contributed by atoms with van der Waals surface area (Å²) in [5.41, 5.74) is 0. The van der Waals surface area contributed by atoms with Crippen LogP contribution < -0.4 is 9.47 Å². The normalized spacial score (nSPS) is 12.1. The molecule has 6 heteroatoms. The van der Waals surface area contributed by atoms with Gasteiger partial charge in [-0.15, -0.1) is 11.3 Å². The number of hydrogen-bond acceptors (Lipinski definition) is 5. The highest BCUT2D eigenvalue weighted by molar-refractivity contribution is 7.20. The van der Waals surface area contributed by atoms with Crippen LogP contribution in [0, 0.1) is 5.92 Å². The minimum absolute atomic E-state index is 0.00355. The summed E-state index contributed by atoms with van der Waals surface area (Å²) < 4.78 is 11.4. The Morgan fingerprint density at radius 2 is 1.81 bits per heavy atom. The number of aliphatic carboxylic acids is 1. The first-order chi connectivity index (χ1) is 9.96. The summed E-state index contributed by atoms with van der Waals surface area (Å²) in [5.74, 6) is -0.617. The fourth-order valence-electron chi connectivity index (χ4n) is 1.97. The van der Waals surface area contributed by atoms with Gasteiger partial charge in [-0.3, -0.25) is 9.59 Å². The number of rotatable bonds is 6. The standard InChI is InChI=1S/C15H16O5S/c1-8(15(17)18)4-10(16)14-6-9-5-11(19-2)12(20-3)7-13(9)21-14/h5-8H,4H2,1-3H3,(H,17,18). The molecule has 1 heterocycles. The molecule has 0 saturated carbocycles. The number of Topliss-reactive ketones (excluding diaryl/α,β-unsaturated/α-hetero) is 1. The topological polar surface area (TPSA) is 72.8 Å². The lowest BCUT2D eigenvalue weighted by Crippen LogP contribution is -2.13. The lowest BCUT2D eigenvalue weighted by atomic mass is 10.0. The molecule has 1 unspecified atom stereocenters. The van der Waals surface area contributed by atoms with Crippen molar-refractivity contribution in [2.45, 2.75) is 13.3 Å². The van der Waals surface area contributed by atoms with Crippen LogP contribution in [0.3, 0.4) is 0 Å². The Morgan fingerprint density at radius 1 is 1.19 bits per heavy atom. The number of carboxylic acids is 1. The van der Waals surface area contributed by atoms with Crippen molar-refractivity contribution in [3.05, 3.63) is 23.1 Å². The largest absolute Gasteiger partial charge is 0.493 e. The minimum Gasteiger partial charge on any atom is -0.493 e. The highest BCUT2D eigenvalue weighted by atomic mass is 32.1. The minimum atomic E-state index is -0.965. The molecule has 0 aliphatic heterocycles. The van der Waals surface area contributed by atoms with Gasteiger partial charge in [-0.25, -0.2) is 0 Å². The first-order valence-electron chi connectivity index (χ1n) is 6.37. The Balaban J connectivity index is 2.34. The first-order valence-corrected chi connectivity index (χ1v) is 7.19. The second kappa shape index (κ2) is 6.13. The van der Waals surface area contributed by atoms with Crippen LogP contribution in [0.2, 0.25) is 0 Å².